The van der Waals surface area contributed by atoms with Crippen LogP contribution in [-0.2, 0) is 0 Å². The van der Waals surface area contributed by atoms with Gasteiger partial charge in [-0.1, -0.05) is 0 Å². The van der Waals surface area contributed by atoms with Crippen LogP contribution in [0.5, 0.6) is 0 Å². The van der Waals surface area contributed by atoms with Gasteiger partial charge in [0.25, 0.3) is 11.8 Å². The van der Waals surface area contributed by atoms with Gasteiger partial charge < -0.3 is 25.9 Å². The number of carbonyl (C=O) groups is 2. The second-order valence-electron chi connectivity index (χ2n) is 5.89. The highest BCUT2D eigenvalue weighted by atomic mass is 79.9. The Morgan fingerprint density at radius 2 is 1.44 bits per heavy atom. The number of hydrogen-bond donors (Lipinski definition) is 5. The number of aromatic amines is 2. The summed E-state index contributed by atoms with van der Waals surface area (Å²) >= 11 is 9.93. The van der Waals surface area contributed by atoms with Crippen molar-refractivity contribution in [3.8, 4) is 0 Å². The van der Waals surface area contributed by atoms with Gasteiger partial charge in [0.15, 0.2) is 0 Å². The fourth-order valence-electron chi connectivity index (χ4n) is 2.34. The van der Waals surface area contributed by atoms with E-state index in [1.807, 2.05) is 0 Å². The van der Waals surface area contributed by atoms with Gasteiger partial charge >= 0.3 is 0 Å². The average molecular weight is 568 g/mol. The Morgan fingerprint density at radius 1 is 0.815 bits per heavy atom. The molecule has 27 heavy (non-hydrogen) atoms. The molecule has 2 aromatic heterocycles. The molecule has 148 valence electrons. The zero-order valence-corrected chi connectivity index (χ0v) is 19.4. The first-order valence-corrected chi connectivity index (χ1v) is 11.0. The minimum atomic E-state index is -0.119. The number of rotatable bonds is 11. The van der Waals surface area contributed by atoms with Crippen LogP contribution in [-0.4, -0.2) is 48.0 Å². The molecule has 0 aliphatic rings. The maximum Gasteiger partial charge on any atom is 0.267 e. The van der Waals surface area contributed by atoms with E-state index in [9.17, 15) is 9.59 Å². The molecule has 0 saturated heterocycles. The molecule has 5 N–H and O–H groups in total. The first kappa shape index (κ1) is 22.2. The Kier molecular flexibility index (Phi) is 9.60. The summed E-state index contributed by atoms with van der Waals surface area (Å²) in [6.45, 7) is 2.98. The third-order valence-corrected chi connectivity index (χ3v) is 5.99. The van der Waals surface area contributed by atoms with Gasteiger partial charge in [0.1, 0.15) is 11.4 Å². The molecule has 0 saturated carbocycles. The monoisotopic (exact) mass is 565 g/mol. The second-order valence-corrected chi connectivity index (χ2v) is 8.39. The number of unbranched alkanes of at least 4 members (excludes halogenated alkanes) is 1. The third kappa shape index (κ3) is 7.81. The molecule has 10 heteroatoms. The molecular formula is C17H22Br3N5O2. The number of hydrogen-bond acceptors (Lipinski definition) is 3. The number of H-pyrrole nitrogens is 2. The maximum absolute atomic E-state index is 11.9. The van der Waals surface area contributed by atoms with Crippen LogP contribution in [0.4, 0.5) is 0 Å². The predicted molar refractivity (Wildman–Crippen MR) is 116 cm³/mol. The van der Waals surface area contributed by atoms with Crippen molar-refractivity contribution in [2.75, 3.05) is 26.2 Å². The van der Waals surface area contributed by atoms with Gasteiger partial charge in [-0.25, -0.2) is 0 Å². The topological polar surface area (TPSA) is 102 Å². The van der Waals surface area contributed by atoms with Crippen LogP contribution in [0, 0.1) is 0 Å². The fraction of sp³-hybridized carbons (Fsp3) is 0.412. The van der Waals surface area contributed by atoms with Gasteiger partial charge in [-0.2, -0.15) is 0 Å². The molecule has 0 fully saturated rings. The minimum Gasteiger partial charge on any atom is -0.351 e. The Balaban J connectivity index is 1.43. The molecule has 0 aromatic carbocycles. The summed E-state index contributed by atoms with van der Waals surface area (Å²) in [7, 11) is 0. The minimum absolute atomic E-state index is 0.0921. The van der Waals surface area contributed by atoms with Crippen LogP contribution in [0.3, 0.4) is 0 Å². The first-order valence-electron chi connectivity index (χ1n) is 8.63. The van der Waals surface area contributed by atoms with Crippen molar-refractivity contribution >= 4 is 59.6 Å². The Labute approximate surface area is 183 Å². The van der Waals surface area contributed by atoms with Crippen molar-refractivity contribution in [1.82, 2.24) is 25.9 Å². The molecule has 2 aromatic rings. The lowest BCUT2D eigenvalue weighted by Crippen LogP contribution is -2.28. The predicted octanol–water partition coefficient (Wildman–Crippen LogP) is 3.55. The SMILES string of the molecule is O=C(NCCCCNCCCNC(=O)c1cc(Br)c(Br)[nH]1)c1ccc(Br)[nH]1. The summed E-state index contributed by atoms with van der Waals surface area (Å²) in [6, 6.07) is 5.29. The molecular weight excluding hydrogens is 546 g/mol. The molecule has 0 spiro atoms. The van der Waals surface area contributed by atoms with Crippen molar-refractivity contribution in [3.63, 3.8) is 0 Å². The van der Waals surface area contributed by atoms with E-state index in [0.717, 1.165) is 46.0 Å². The van der Waals surface area contributed by atoms with Crippen LogP contribution >= 0.6 is 47.8 Å². The largest absolute Gasteiger partial charge is 0.351 e. The standard InChI is InChI=1S/C17H22Br3N5O2/c18-11-10-13(25-15(11)20)17(27)23-9-3-7-21-6-1-2-8-22-16(26)12-4-5-14(19)24-12/h4-5,10,21,24-25H,1-3,6-9H2,(H,22,26)(H,23,27). The van der Waals surface area contributed by atoms with E-state index in [0.29, 0.717) is 24.5 Å². The highest BCUT2D eigenvalue weighted by Crippen LogP contribution is 2.22. The fourth-order valence-corrected chi connectivity index (χ4v) is 3.34. The van der Waals surface area contributed by atoms with E-state index in [4.69, 9.17) is 0 Å². The quantitative estimate of drug-likeness (QED) is 0.268. The lowest BCUT2D eigenvalue weighted by atomic mass is 10.3. The molecule has 7 nitrogen and oxygen atoms in total. The van der Waals surface area contributed by atoms with E-state index in [1.165, 1.54) is 0 Å². The molecule has 0 unspecified atom stereocenters. The molecule has 2 heterocycles. The second kappa shape index (κ2) is 11.7. The Morgan fingerprint density at radius 3 is 2.07 bits per heavy atom. The molecule has 0 aliphatic carbocycles. The molecule has 0 aliphatic heterocycles. The van der Waals surface area contributed by atoms with E-state index in [1.54, 1.807) is 18.2 Å². The van der Waals surface area contributed by atoms with E-state index in [-0.39, 0.29) is 11.8 Å². The molecule has 2 amide bonds. The lowest BCUT2D eigenvalue weighted by molar-refractivity contribution is 0.0940. The normalized spacial score (nSPS) is 10.8. The molecule has 0 bridgehead atoms. The summed E-state index contributed by atoms with van der Waals surface area (Å²) in [5, 5.41) is 9.09. The van der Waals surface area contributed by atoms with Gasteiger partial charge in [-0.05, 0) is 98.3 Å². The van der Waals surface area contributed by atoms with Gasteiger partial charge in [-0.15, -0.1) is 0 Å². The van der Waals surface area contributed by atoms with Crippen LogP contribution < -0.4 is 16.0 Å². The highest BCUT2D eigenvalue weighted by molar-refractivity contribution is 9.13. The first-order chi connectivity index (χ1) is 13.0. The number of halogens is 3. The summed E-state index contributed by atoms with van der Waals surface area (Å²) < 4.78 is 2.37. The summed E-state index contributed by atoms with van der Waals surface area (Å²) in [6.07, 6.45) is 2.74. The van der Waals surface area contributed by atoms with E-state index >= 15 is 0 Å². The lowest BCUT2D eigenvalue weighted by Gasteiger charge is -2.07. The van der Waals surface area contributed by atoms with Crippen LogP contribution in [0.2, 0.25) is 0 Å². The summed E-state index contributed by atoms with van der Waals surface area (Å²) in [5.74, 6) is -0.211. The highest BCUT2D eigenvalue weighted by Gasteiger charge is 2.10. The Bertz CT molecular complexity index is 740. The maximum atomic E-state index is 11.9. The Hall–Kier alpha value is -1.10. The summed E-state index contributed by atoms with van der Waals surface area (Å²) in [5.41, 5.74) is 1.08. The zero-order chi connectivity index (χ0) is 19.6. The molecule has 0 atom stereocenters. The number of nitrogens with one attached hydrogen (secondary N) is 5. The average Bonchev–Trinajstić information content (AvgIpc) is 3.22. The van der Waals surface area contributed by atoms with Gasteiger partial charge in [0.05, 0.1) is 13.7 Å². The smallest absolute Gasteiger partial charge is 0.267 e. The number of aromatic nitrogens is 2. The van der Waals surface area contributed by atoms with Gasteiger partial charge in [-0.3, -0.25) is 9.59 Å². The molecule has 0 radical (unpaired) electrons. The summed E-state index contributed by atoms with van der Waals surface area (Å²) in [4.78, 5) is 29.6. The van der Waals surface area contributed by atoms with Crippen molar-refractivity contribution in [3.05, 3.63) is 43.3 Å². The van der Waals surface area contributed by atoms with E-state index in [2.05, 4.69) is 73.7 Å². The zero-order valence-electron chi connectivity index (χ0n) is 14.6. The van der Waals surface area contributed by atoms with Crippen molar-refractivity contribution < 1.29 is 9.59 Å². The van der Waals surface area contributed by atoms with Gasteiger partial charge in [0.2, 0.25) is 0 Å². The van der Waals surface area contributed by atoms with E-state index < -0.39 is 0 Å². The van der Waals surface area contributed by atoms with Gasteiger partial charge in [0, 0.05) is 13.1 Å². The van der Waals surface area contributed by atoms with Crippen molar-refractivity contribution in [1.29, 1.82) is 0 Å². The van der Waals surface area contributed by atoms with Crippen LogP contribution in [0.25, 0.3) is 0 Å². The van der Waals surface area contributed by atoms with Crippen LogP contribution in [0.1, 0.15) is 40.2 Å². The van der Waals surface area contributed by atoms with Crippen LogP contribution in [0.15, 0.2) is 31.9 Å². The number of amides is 2. The van der Waals surface area contributed by atoms with Crippen molar-refractivity contribution in [2.45, 2.75) is 19.3 Å². The van der Waals surface area contributed by atoms with Crippen molar-refractivity contribution in [2.24, 2.45) is 0 Å². The number of carbonyl (C=O) groups excluding carboxylic acids is 2. The molecule has 2 rings (SSSR count). The third-order valence-electron chi connectivity index (χ3n) is 3.75.